The Morgan fingerprint density at radius 3 is 2.93 bits per heavy atom. The second-order valence-corrected chi connectivity index (χ2v) is 7.41. The number of nitrogens with one attached hydrogen (secondary N) is 1. The van der Waals surface area contributed by atoms with Crippen molar-refractivity contribution in [2.45, 2.75) is 44.2 Å². The summed E-state index contributed by atoms with van der Waals surface area (Å²) >= 11 is 0. The third-order valence-electron chi connectivity index (χ3n) is 5.68. The second kappa shape index (κ2) is 6.37. The van der Waals surface area contributed by atoms with E-state index < -0.39 is 0 Å². The van der Waals surface area contributed by atoms with E-state index >= 15 is 0 Å². The molecule has 0 spiro atoms. The standard InChI is InChI=1S/C21H22N4O2/c1-27-21-23-12-13-11-15(7-8-18(13)24-21)25(14-5-6-14)20(26)17-3-2-4-19-16(17)9-10-22-19/h2-4,9-10,12,14-15,22H,5-8,11H2,1H3. The average molecular weight is 362 g/mol. The first-order valence-corrected chi connectivity index (χ1v) is 9.52. The molecule has 138 valence electrons. The quantitative estimate of drug-likeness (QED) is 0.774. The molecule has 1 N–H and O–H groups in total. The van der Waals surface area contributed by atoms with Crippen LogP contribution in [-0.4, -0.2) is 45.0 Å². The highest BCUT2D eigenvalue weighted by Crippen LogP contribution is 2.35. The first kappa shape index (κ1) is 16.3. The van der Waals surface area contributed by atoms with Gasteiger partial charge in [-0.05, 0) is 55.9 Å². The van der Waals surface area contributed by atoms with Crippen molar-refractivity contribution in [1.82, 2.24) is 19.9 Å². The number of hydrogen-bond acceptors (Lipinski definition) is 4. The van der Waals surface area contributed by atoms with Crippen LogP contribution >= 0.6 is 0 Å². The third-order valence-corrected chi connectivity index (χ3v) is 5.68. The lowest BCUT2D eigenvalue weighted by Gasteiger charge is -2.35. The Morgan fingerprint density at radius 1 is 1.22 bits per heavy atom. The van der Waals surface area contributed by atoms with Gasteiger partial charge in [-0.25, -0.2) is 4.98 Å². The minimum atomic E-state index is 0.144. The normalized spacial score (nSPS) is 18.9. The van der Waals surface area contributed by atoms with Crippen LogP contribution in [-0.2, 0) is 12.8 Å². The van der Waals surface area contributed by atoms with Crippen molar-refractivity contribution in [3.8, 4) is 6.01 Å². The highest BCUT2D eigenvalue weighted by Gasteiger charge is 2.39. The number of carbonyl (C=O) groups is 1. The van der Waals surface area contributed by atoms with Crippen LogP contribution in [0.25, 0.3) is 10.9 Å². The summed E-state index contributed by atoms with van der Waals surface area (Å²) in [5.74, 6) is 0.144. The van der Waals surface area contributed by atoms with E-state index in [2.05, 4.69) is 19.9 Å². The van der Waals surface area contributed by atoms with Crippen LogP contribution in [0.15, 0.2) is 36.7 Å². The van der Waals surface area contributed by atoms with Gasteiger partial charge in [0.2, 0.25) is 0 Å². The molecule has 2 aliphatic rings. The number of H-pyrrole nitrogens is 1. The van der Waals surface area contributed by atoms with E-state index in [1.165, 1.54) is 0 Å². The zero-order valence-electron chi connectivity index (χ0n) is 15.3. The van der Waals surface area contributed by atoms with E-state index in [4.69, 9.17) is 4.74 Å². The molecule has 6 nitrogen and oxygen atoms in total. The van der Waals surface area contributed by atoms with Crippen LogP contribution in [0.5, 0.6) is 6.01 Å². The van der Waals surface area contributed by atoms with E-state index in [0.29, 0.717) is 12.1 Å². The first-order valence-electron chi connectivity index (χ1n) is 9.52. The SMILES string of the molecule is COc1ncc2c(n1)CCC(N(C(=O)c1cccc3[nH]ccc13)C1CC1)C2. The number of aromatic amines is 1. The Bertz CT molecular complexity index is 1010. The molecule has 0 aliphatic heterocycles. The lowest BCUT2D eigenvalue weighted by molar-refractivity contribution is 0.0644. The maximum absolute atomic E-state index is 13.5. The highest BCUT2D eigenvalue weighted by atomic mass is 16.5. The van der Waals surface area contributed by atoms with Gasteiger partial charge in [-0.2, -0.15) is 4.98 Å². The van der Waals surface area contributed by atoms with Crippen LogP contribution in [0.4, 0.5) is 0 Å². The van der Waals surface area contributed by atoms with Crippen molar-refractivity contribution < 1.29 is 9.53 Å². The number of benzene rings is 1. The van der Waals surface area contributed by atoms with E-state index in [1.807, 2.05) is 36.7 Å². The number of methoxy groups -OCH3 is 1. The second-order valence-electron chi connectivity index (χ2n) is 7.41. The number of ether oxygens (including phenoxy) is 1. The number of fused-ring (bicyclic) bond motifs is 2. The lowest BCUT2D eigenvalue weighted by atomic mass is 9.91. The monoisotopic (exact) mass is 362 g/mol. The molecule has 2 heterocycles. The van der Waals surface area contributed by atoms with Crippen LogP contribution < -0.4 is 4.74 Å². The van der Waals surface area contributed by atoms with Crippen molar-refractivity contribution in [1.29, 1.82) is 0 Å². The average Bonchev–Trinajstić information content (AvgIpc) is 3.41. The molecule has 1 amide bonds. The van der Waals surface area contributed by atoms with Gasteiger partial charge in [-0.3, -0.25) is 4.79 Å². The Hall–Kier alpha value is -2.89. The molecule has 0 bridgehead atoms. The summed E-state index contributed by atoms with van der Waals surface area (Å²) in [4.78, 5) is 27.6. The molecule has 5 rings (SSSR count). The van der Waals surface area contributed by atoms with Gasteiger partial charge < -0.3 is 14.6 Å². The predicted octanol–water partition coefficient (Wildman–Crippen LogP) is 3.13. The number of rotatable bonds is 4. The van der Waals surface area contributed by atoms with Crippen molar-refractivity contribution in [2.24, 2.45) is 0 Å². The van der Waals surface area contributed by atoms with Gasteiger partial charge >= 0.3 is 6.01 Å². The highest BCUT2D eigenvalue weighted by molar-refractivity contribution is 6.06. The summed E-state index contributed by atoms with van der Waals surface area (Å²) < 4.78 is 5.14. The van der Waals surface area contributed by atoms with Gasteiger partial charge in [0.25, 0.3) is 5.91 Å². The largest absolute Gasteiger partial charge is 0.467 e. The summed E-state index contributed by atoms with van der Waals surface area (Å²) in [6, 6.07) is 8.87. The maximum atomic E-state index is 13.5. The predicted molar refractivity (Wildman–Crippen MR) is 102 cm³/mol. The van der Waals surface area contributed by atoms with Crippen molar-refractivity contribution in [2.75, 3.05) is 7.11 Å². The first-order chi connectivity index (χ1) is 13.2. The Balaban J connectivity index is 1.46. The molecule has 2 aliphatic carbocycles. The number of aryl methyl sites for hydroxylation is 1. The minimum Gasteiger partial charge on any atom is -0.467 e. The number of amides is 1. The number of hydrogen-bond donors (Lipinski definition) is 1. The van der Waals surface area contributed by atoms with Gasteiger partial charge in [-0.1, -0.05) is 6.07 Å². The molecule has 27 heavy (non-hydrogen) atoms. The van der Waals surface area contributed by atoms with E-state index in [1.54, 1.807) is 7.11 Å². The van der Waals surface area contributed by atoms with Crippen LogP contribution in [0.2, 0.25) is 0 Å². The molecule has 6 heteroatoms. The van der Waals surface area contributed by atoms with Gasteiger partial charge in [0.1, 0.15) is 0 Å². The topological polar surface area (TPSA) is 71.1 Å². The molecule has 1 fully saturated rings. The summed E-state index contributed by atoms with van der Waals surface area (Å²) in [7, 11) is 1.59. The Morgan fingerprint density at radius 2 is 2.11 bits per heavy atom. The van der Waals surface area contributed by atoms with E-state index in [-0.39, 0.29) is 11.9 Å². The van der Waals surface area contributed by atoms with E-state index in [9.17, 15) is 4.79 Å². The van der Waals surface area contributed by atoms with Gasteiger partial charge in [0.05, 0.1) is 12.8 Å². The molecular formula is C21H22N4O2. The van der Waals surface area contributed by atoms with Gasteiger partial charge in [0.15, 0.2) is 0 Å². The van der Waals surface area contributed by atoms with Crippen LogP contribution in [0.1, 0.15) is 40.9 Å². The summed E-state index contributed by atoms with van der Waals surface area (Å²) in [5.41, 5.74) is 3.97. The Labute approximate surface area is 157 Å². The van der Waals surface area contributed by atoms with Crippen LogP contribution in [0, 0.1) is 0 Å². The Kier molecular flexibility index (Phi) is 3.85. The number of aromatic nitrogens is 3. The molecule has 1 atom stereocenters. The van der Waals surface area contributed by atoms with Crippen LogP contribution in [0.3, 0.4) is 0 Å². The molecular weight excluding hydrogens is 340 g/mol. The fourth-order valence-electron chi connectivity index (χ4n) is 4.20. The zero-order valence-corrected chi connectivity index (χ0v) is 15.3. The molecule has 1 saturated carbocycles. The van der Waals surface area contributed by atoms with Gasteiger partial charge in [0, 0.05) is 40.9 Å². The smallest absolute Gasteiger partial charge is 0.316 e. The fourth-order valence-corrected chi connectivity index (χ4v) is 4.20. The maximum Gasteiger partial charge on any atom is 0.316 e. The third kappa shape index (κ3) is 2.85. The van der Waals surface area contributed by atoms with E-state index in [0.717, 1.165) is 59.8 Å². The summed E-state index contributed by atoms with van der Waals surface area (Å²) in [6.07, 6.45) is 8.53. The molecule has 0 saturated heterocycles. The minimum absolute atomic E-state index is 0.144. The molecule has 3 aromatic rings. The number of carbonyl (C=O) groups excluding carboxylic acids is 1. The van der Waals surface area contributed by atoms with Crippen molar-refractivity contribution >= 4 is 16.8 Å². The summed E-state index contributed by atoms with van der Waals surface area (Å²) in [5, 5.41) is 0.998. The molecule has 1 unspecified atom stereocenters. The molecule has 2 aromatic heterocycles. The molecule has 1 aromatic carbocycles. The van der Waals surface area contributed by atoms with Gasteiger partial charge in [-0.15, -0.1) is 0 Å². The molecule has 0 radical (unpaired) electrons. The van der Waals surface area contributed by atoms with Crippen molar-refractivity contribution in [3.63, 3.8) is 0 Å². The summed E-state index contributed by atoms with van der Waals surface area (Å²) in [6.45, 7) is 0. The van der Waals surface area contributed by atoms with Crippen molar-refractivity contribution in [3.05, 3.63) is 53.5 Å². The fraction of sp³-hybridized carbons (Fsp3) is 0.381. The lowest BCUT2D eigenvalue weighted by Crippen LogP contribution is -2.45. The number of nitrogens with zero attached hydrogens (tertiary/aromatic N) is 3. The zero-order chi connectivity index (χ0) is 18.4.